The Morgan fingerprint density at radius 2 is 1.65 bits per heavy atom. The smallest absolute Gasteiger partial charge is 0.343 e. The van der Waals surface area contributed by atoms with Gasteiger partial charge in [0.1, 0.15) is 0 Å². The highest BCUT2D eigenvalue weighted by molar-refractivity contribution is 7.07. The molecule has 0 saturated carbocycles. The molecular weight excluding hydrogens is 600 g/mol. The van der Waals surface area contributed by atoms with Crippen LogP contribution < -0.4 is 33.8 Å². The van der Waals surface area contributed by atoms with Crippen molar-refractivity contribution < 1.29 is 38.0 Å². The number of methoxy groups -OCH3 is 2. The van der Waals surface area contributed by atoms with E-state index in [0.29, 0.717) is 57.5 Å². The monoisotopic (exact) mass is 630 g/mol. The first-order valence-electron chi connectivity index (χ1n) is 13.4. The average Bonchev–Trinajstić information content (AvgIpc) is 3.31. The summed E-state index contributed by atoms with van der Waals surface area (Å²) in [5.41, 5.74) is 0.963. The van der Waals surface area contributed by atoms with Crippen molar-refractivity contribution in [2.75, 3.05) is 40.6 Å². The molecule has 0 aliphatic carbocycles. The average molecular weight is 631 g/mol. The van der Waals surface area contributed by atoms with Crippen molar-refractivity contribution in [1.29, 1.82) is 0 Å². The Morgan fingerprint density at radius 1 is 0.953 bits per heavy atom. The van der Waals surface area contributed by atoms with Crippen molar-refractivity contribution in [3.05, 3.63) is 77.9 Å². The minimum atomic E-state index is -0.836. The zero-order valence-corrected chi connectivity index (χ0v) is 25.9. The Hall–Kier alpha value is -4.29. The maximum atomic E-state index is 13.9. The number of benzene rings is 2. The van der Waals surface area contributed by atoms with E-state index in [1.807, 2.05) is 13.8 Å². The molecule has 1 atom stereocenters. The molecule has 0 N–H and O–H groups in total. The lowest BCUT2D eigenvalue weighted by atomic mass is 9.97. The van der Waals surface area contributed by atoms with E-state index in [0.717, 1.165) is 11.3 Å². The third-order valence-electron chi connectivity index (χ3n) is 6.20. The Morgan fingerprint density at radius 3 is 2.33 bits per heavy atom. The molecule has 3 aromatic rings. The Bertz CT molecular complexity index is 1730. The molecule has 1 aromatic heterocycles. The number of halogens is 1. The molecule has 0 fully saturated rings. The summed E-state index contributed by atoms with van der Waals surface area (Å²) in [6.07, 6.45) is 3.06. The van der Waals surface area contributed by atoms with Crippen LogP contribution >= 0.6 is 22.9 Å². The second kappa shape index (κ2) is 14.3. The van der Waals surface area contributed by atoms with Gasteiger partial charge in [-0.3, -0.25) is 9.36 Å². The predicted octanol–water partition coefficient (Wildman–Crippen LogP) is 3.42. The lowest BCUT2D eigenvalue weighted by Crippen LogP contribution is -2.39. The van der Waals surface area contributed by atoms with E-state index < -0.39 is 18.0 Å². The molecule has 0 unspecified atom stereocenters. The highest BCUT2D eigenvalue weighted by Gasteiger charge is 2.31. The molecule has 0 saturated heterocycles. The first-order valence-corrected chi connectivity index (χ1v) is 14.6. The Balaban J connectivity index is 1.84. The van der Waals surface area contributed by atoms with Gasteiger partial charge in [0.25, 0.3) is 5.56 Å². The molecular formula is C30H31ClN2O9S. The number of rotatable bonds is 12. The highest BCUT2D eigenvalue weighted by Crippen LogP contribution is 2.37. The molecule has 2 aromatic carbocycles. The van der Waals surface area contributed by atoms with Crippen molar-refractivity contribution in [3.63, 3.8) is 0 Å². The molecule has 228 valence electrons. The number of ether oxygens (including phenoxy) is 6. The van der Waals surface area contributed by atoms with Crippen LogP contribution in [0, 0.1) is 0 Å². The van der Waals surface area contributed by atoms with Gasteiger partial charge in [-0.2, -0.15) is 0 Å². The van der Waals surface area contributed by atoms with Crippen LogP contribution in [0.5, 0.6) is 23.0 Å². The first kappa shape index (κ1) is 31.6. The van der Waals surface area contributed by atoms with Gasteiger partial charge in [0, 0.05) is 6.20 Å². The normalized spacial score (nSPS) is 14.2. The maximum Gasteiger partial charge on any atom is 0.343 e. The standard InChI is InChI=1S/C30H31ClN2O9S/c1-6-39-21-10-9-18(14-22(21)40-7-2)26-19(29(36)38-5)15-32-30-33(26)28(35)24(43-30)13-17-11-20(31)27(23(12-17)41-8-3)42-16-25(34)37-4/h9-15,26H,6-8,16H2,1-5H3/b24-13-/t26-/m0/s1. The van der Waals surface area contributed by atoms with Gasteiger partial charge in [-0.25, -0.2) is 14.6 Å². The van der Waals surface area contributed by atoms with Gasteiger partial charge >= 0.3 is 11.9 Å². The van der Waals surface area contributed by atoms with Crippen LogP contribution in [-0.4, -0.2) is 57.2 Å². The van der Waals surface area contributed by atoms with Crippen molar-refractivity contribution >= 4 is 41.0 Å². The van der Waals surface area contributed by atoms with Gasteiger partial charge in [0.15, 0.2) is 34.4 Å². The second-order valence-corrected chi connectivity index (χ2v) is 10.3. The molecule has 43 heavy (non-hydrogen) atoms. The van der Waals surface area contributed by atoms with Gasteiger partial charge in [0.05, 0.1) is 55.2 Å². The zero-order valence-electron chi connectivity index (χ0n) is 24.3. The van der Waals surface area contributed by atoms with E-state index in [9.17, 15) is 14.4 Å². The molecule has 4 rings (SSSR count). The number of fused-ring (bicyclic) bond motifs is 1. The van der Waals surface area contributed by atoms with Crippen molar-refractivity contribution in [3.8, 4) is 23.0 Å². The zero-order chi connectivity index (χ0) is 31.1. The van der Waals surface area contributed by atoms with Crippen LogP contribution in [0.1, 0.15) is 37.9 Å². The molecule has 11 nitrogen and oxygen atoms in total. The molecule has 0 bridgehead atoms. The number of carbonyl (C=O) groups excluding carboxylic acids is 2. The third-order valence-corrected chi connectivity index (χ3v) is 7.48. The molecule has 1 aliphatic heterocycles. The van der Waals surface area contributed by atoms with Crippen molar-refractivity contribution in [1.82, 2.24) is 4.57 Å². The summed E-state index contributed by atoms with van der Waals surface area (Å²) in [6, 6.07) is 7.68. The number of thiazole rings is 1. The van der Waals surface area contributed by atoms with E-state index in [1.54, 1.807) is 43.3 Å². The summed E-state index contributed by atoms with van der Waals surface area (Å²) in [6.45, 7) is 6.30. The molecule has 0 radical (unpaired) electrons. The molecule has 1 aliphatic rings. The van der Waals surface area contributed by atoms with Gasteiger partial charge in [-0.05, 0) is 62.2 Å². The van der Waals surface area contributed by atoms with Crippen LogP contribution in [0.15, 0.2) is 51.9 Å². The van der Waals surface area contributed by atoms with E-state index in [-0.39, 0.29) is 28.5 Å². The fourth-order valence-corrected chi connectivity index (χ4v) is 5.65. The van der Waals surface area contributed by atoms with Crippen LogP contribution in [0.4, 0.5) is 0 Å². The maximum absolute atomic E-state index is 13.9. The summed E-state index contributed by atoms with van der Waals surface area (Å²) >= 11 is 7.64. The summed E-state index contributed by atoms with van der Waals surface area (Å²) < 4.78 is 34.2. The van der Waals surface area contributed by atoms with Crippen LogP contribution in [0.25, 0.3) is 6.08 Å². The number of hydrogen-bond donors (Lipinski definition) is 0. The Labute approximate surface area is 256 Å². The minimum absolute atomic E-state index is 0.177. The van der Waals surface area contributed by atoms with Crippen molar-refractivity contribution in [2.24, 2.45) is 4.99 Å². The second-order valence-electron chi connectivity index (χ2n) is 8.88. The highest BCUT2D eigenvalue weighted by atomic mass is 35.5. The largest absolute Gasteiger partial charge is 0.490 e. The van der Waals surface area contributed by atoms with E-state index in [1.165, 1.54) is 25.0 Å². The lowest BCUT2D eigenvalue weighted by molar-refractivity contribution is -0.143. The van der Waals surface area contributed by atoms with Gasteiger partial charge in [0.2, 0.25) is 0 Å². The number of carbonyl (C=O) groups is 2. The van der Waals surface area contributed by atoms with E-state index in [4.69, 9.17) is 35.3 Å². The predicted molar refractivity (Wildman–Crippen MR) is 160 cm³/mol. The summed E-state index contributed by atoms with van der Waals surface area (Å²) in [5.74, 6) is 0.302. The number of hydrogen-bond acceptors (Lipinski definition) is 11. The van der Waals surface area contributed by atoms with Gasteiger partial charge < -0.3 is 28.4 Å². The SMILES string of the molecule is CCOc1ccc([C@H]2C(C(=O)OC)=CN=c3s/c(=C\c4cc(Cl)c(OCC(=O)OC)c(OCC)c4)c(=O)n32)cc1OCC. The van der Waals surface area contributed by atoms with Crippen LogP contribution in [0.3, 0.4) is 0 Å². The number of esters is 2. The minimum Gasteiger partial charge on any atom is -0.490 e. The third kappa shape index (κ3) is 6.86. The van der Waals surface area contributed by atoms with Gasteiger partial charge in [-0.1, -0.05) is 29.0 Å². The van der Waals surface area contributed by atoms with Crippen LogP contribution in [0.2, 0.25) is 5.02 Å². The molecule has 0 amide bonds. The number of aromatic nitrogens is 1. The van der Waals surface area contributed by atoms with Crippen molar-refractivity contribution in [2.45, 2.75) is 26.8 Å². The summed E-state index contributed by atoms with van der Waals surface area (Å²) in [5, 5.41) is 0.178. The molecule has 0 spiro atoms. The quantitative estimate of drug-likeness (QED) is 0.277. The molecule has 2 heterocycles. The number of nitrogens with zero attached hydrogens (tertiary/aromatic N) is 2. The summed E-state index contributed by atoms with van der Waals surface area (Å²) in [7, 11) is 2.52. The topological polar surface area (TPSA) is 124 Å². The van der Waals surface area contributed by atoms with Crippen LogP contribution in [-0.2, 0) is 19.1 Å². The Kier molecular flexibility index (Phi) is 10.5. The molecule has 13 heteroatoms. The van der Waals surface area contributed by atoms with E-state index >= 15 is 0 Å². The van der Waals surface area contributed by atoms with E-state index in [2.05, 4.69) is 9.73 Å². The first-order chi connectivity index (χ1) is 20.8. The fourth-order valence-electron chi connectivity index (χ4n) is 4.40. The van der Waals surface area contributed by atoms with Gasteiger partial charge in [-0.15, -0.1) is 0 Å². The fraction of sp³-hybridized carbons (Fsp3) is 0.333. The summed E-state index contributed by atoms with van der Waals surface area (Å²) in [4.78, 5) is 43.1. The lowest BCUT2D eigenvalue weighted by Gasteiger charge is -2.23.